The molecule has 50 heavy (non-hydrogen) atoms. The molecule has 0 bridgehead atoms. The van der Waals surface area contributed by atoms with E-state index in [4.69, 9.17) is 19.6 Å². The molecule has 2 aromatic rings. The Morgan fingerprint density at radius 2 is 0.860 bits per heavy atom. The van der Waals surface area contributed by atoms with E-state index in [1.54, 1.807) is 24.3 Å². The normalized spacial score (nSPS) is 11.6. The third-order valence-electron chi connectivity index (χ3n) is 9.95. The second-order valence-corrected chi connectivity index (χ2v) is 21.5. The van der Waals surface area contributed by atoms with Crippen LogP contribution >= 0.6 is 0 Å². The number of hydrogen-bond donors (Lipinski definition) is 0. The van der Waals surface area contributed by atoms with Gasteiger partial charge in [0.15, 0.2) is 0 Å². The number of benzene rings is 2. The monoisotopic (exact) mass is 718 g/mol. The lowest BCUT2D eigenvalue weighted by Gasteiger charge is -2.23. The summed E-state index contributed by atoms with van der Waals surface area (Å²) in [6.45, 7) is 22.6. The highest BCUT2D eigenvalue weighted by Gasteiger charge is 2.28. The van der Waals surface area contributed by atoms with Crippen molar-refractivity contribution in [2.24, 2.45) is 0 Å². The van der Waals surface area contributed by atoms with Gasteiger partial charge in [-0.1, -0.05) is 155 Å². The molecule has 0 N–H and O–H groups in total. The van der Waals surface area contributed by atoms with Gasteiger partial charge in [0.25, 0.3) is 0 Å². The molecule has 0 aliphatic rings. The first-order valence-corrected chi connectivity index (χ1v) is 23.5. The lowest BCUT2D eigenvalue weighted by Crippen LogP contribution is -2.43. The SMILES string of the molecule is C=C[Si](C=C)(CC)c1ccc(C(=O)OOC(CCCCCCCCCCCCCCC)OOC(=O)c2ccc([Si](C=C)(C=C)CC)cc2)cc1. The number of unbranched alkanes of at least 4 members (excludes halogenated alkanes) is 12. The summed E-state index contributed by atoms with van der Waals surface area (Å²) in [6.07, 6.45) is 15.2. The Balaban J connectivity index is 1.95. The minimum absolute atomic E-state index is 0.337. The van der Waals surface area contributed by atoms with E-state index in [1.165, 1.54) is 64.2 Å². The zero-order chi connectivity index (χ0) is 36.7. The zero-order valence-corrected chi connectivity index (χ0v) is 33.1. The summed E-state index contributed by atoms with van der Waals surface area (Å²) >= 11 is 0. The average molecular weight is 719 g/mol. The van der Waals surface area contributed by atoms with Crippen LogP contribution in [-0.2, 0) is 19.6 Å². The predicted molar refractivity (Wildman–Crippen MR) is 213 cm³/mol. The van der Waals surface area contributed by atoms with Crippen LogP contribution in [0.4, 0.5) is 0 Å². The molecule has 0 fully saturated rings. The molecule has 0 spiro atoms. The molecular formula is C42H62O6Si2. The molecule has 274 valence electrons. The number of rotatable bonds is 28. The van der Waals surface area contributed by atoms with Crippen molar-refractivity contribution >= 4 is 38.5 Å². The Bertz CT molecular complexity index is 1220. The molecule has 0 atom stereocenters. The van der Waals surface area contributed by atoms with Gasteiger partial charge in [-0.25, -0.2) is 9.59 Å². The van der Waals surface area contributed by atoms with Crippen LogP contribution in [0, 0.1) is 0 Å². The maximum absolute atomic E-state index is 12.9. The average Bonchev–Trinajstić information content (AvgIpc) is 3.16. The molecule has 0 saturated heterocycles. The Hall–Kier alpha value is -3.31. The van der Waals surface area contributed by atoms with Crippen LogP contribution in [0.25, 0.3) is 0 Å². The highest BCUT2D eigenvalue weighted by molar-refractivity contribution is 7.00. The first-order chi connectivity index (χ1) is 24.3. The summed E-state index contributed by atoms with van der Waals surface area (Å²) in [5.74, 6) is -1.32. The van der Waals surface area contributed by atoms with Crippen LogP contribution < -0.4 is 10.4 Å². The highest BCUT2D eigenvalue weighted by atomic mass is 28.3. The minimum Gasteiger partial charge on any atom is -0.290 e. The van der Waals surface area contributed by atoms with Crippen molar-refractivity contribution < 1.29 is 29.1 Å². The van der Waals surface area contributed by atoms with E-state index >= 15 is 0 Å². The Morgan fingerprint density at radius 3 is 1.16 bits per heavy atom. The molecule has 0 aliphatic heterocycles. The summed E-state index contributed by atoms with van der Waals surface area (Å²) in [6, 6.07) is 16.4. The van der Waals surface area contributed by atoms with E-state index < -0.39 is 34.4 Å². The van der Waals surface area contributed by atoms with Gasteiger partial charge in [0, 0.05) is 6.42 Å². The molecule has 8 heteroatoms. The quantitative estimate of drug-likeness (QED) is 0.0287. The fourth-order valence-electron chi connectivity index (χ4n) is 6.19. The lowest BCUT2D eigenvalue weighted by atomic mass is 10.0. The van der Waals surface area contributed by atoms with Crippen LogP contribution in [0.2, 0.25) is 12.1 Å². The van der Waals surface area contributed by atoms with Crippen LogP contribution in [0.1, 0.15) is 131 Å². The van der Waals surface area contributed by atoms with Gasteiger partial charge in [-0.15, -0.1) is 36.1 Å². The first-order valence-electron chi connectivity index (χ1n) is 18.8. The number of carbonyl (C=O) groups is 2. The highest BCUT2D eigenvalue weighted by Crippen LogP contribution is 2.18. The molecule has 2 rings (SSSR count). The summed E-state index contributed by atoms with van der Waals surface area (Å²) in [5, 5.41) is 2.23. The smallest absolute Gasteiger partial charge is 0.290 e. The first kappa shape index (κ1) is 42.9. The Morgan fingerprint density at radius 1 is 0.540 bits per heavy atom. The molecule has 0 amide bonds. The van der Waals surface area contributed by atoms with E-state index in [9.17, 15) is 9.59 Å². The fourth-order valence-corrected chi connectivity index (χ4v) is 11.0. The second-order valence-electron chi connectivity index (χ2n) is 13.2. The Kier molecular flexibility index (Phi) is 20.6. The molecule has 0 heterocycles. The standard InChI is InChI=1S/C42H62O6Si2/c1-8-15-16-17-18-19-20-21-22-23-24-25-26-27-40(45-47-41(43)36-28-32-38(33-29-36)49(9-2,10-3)11-4)46-48-42(44)37-30-34-39(35-31-37)50(12-5,13-6)14-7/h9-10,12-13,28-35,40H,2-3,5-6,8,11,14-27H2,1,4,7H3. The molecule has 0 radical (unpaired) electrons. The van der Waals surface area contributed by atoms with Crippen molar-refractivity contribution in [2.75, 3.05) is 0 Å². The van der Waals surface area contributed by atoms with Gasteiger partial charge in [-0.3, -0.25) is 9.78 Å². The predicted octanol–water partition coefficient (Wildman–Crippen LogP) is 10.6. The molecule has 0 saturated carbocycles. The zero-order valence-electron chi connectivity index (χ0n) is 31.1. The second kappa shape index (κ2) is 24.0. The fraction of sp³-hybridized carbons (Fsp3) is 0.476. The topological polar surface area (TPSA) is 71.1 Å². The third kappa shape index (κ3) is 13.4. The van der Waals surface area contributed by atoms with Gasteiger partial charge in [0.2, 0.25) is 6.29 Å². The van der Waals surface area contributed by atoms with Crippen LogP contribution in [0.5, 0.6) is 0 Å². The van der Waals surface area contributed by atoms with Crippen LogP contribution in [-0.4, -0.2) is 34.4 Å². The molecule has 2 aromatic carbocycles. The number of hydrogen-bond acceptors (Lipinski definition) is 6. The van der Waals surface area contributed by atoms with Gasteiger partial charge in [-0.05, 0) is 42.8 Å². The van der Waals surface area contributed by atoms with Crippen LogP contribution in [0.3, 0.4) is 0 Å². The van der Waals surface area contributed by atoms with E-state index in [0.29, 0.717) is 17.5 Å². The van der Waals surface area contributed by atoms with Crippen LogP contribution in [0.15, 0.2) is 97.6 Å². The third-order valence-corrected chi connectivity index (χ3v) is 18.0. The van der Waals surface area contributed by atoms with Crippen molar-refractivity contribution in [3.63, 3.8) is 0 Å². The molecule has 0 unspecified atom stereocenters. The van der Waals surface area contributed by atoms with Crippen molar-refractivity contribution in [2.45, 2.75) is 129 Å². The molecule has 6 nitrogen and oxygen atoms in total. The maximum atomic E-state index is 12.9. The summed E-state index contributed by atoms with van der Waals surface area (Å²) in [4.78, 5) is 47.0. The lowest BCUT2D eigenvalue weighted by molar-refractivity contribution is -0.421. The Labute approximate surface area is 304 Å². The van der Waals surface area contributed by atoms with Gasteiger partial charge in [-0.2, -0.15) is 0 Å². The van der Waals surface area contributed by atoms with E-state index in [1.807, 2.05) is 47.1 Å². The largest absolute Gasteiger partial charge is 0.373 e. The van der Waals surface area contributed by atoms with Crippen molar-refractivity contribution in [1.29, 1.82) is 0 Å². The van der Waals surface area contributed by atoms with E-state index in [0.717, 1.165) is 41.7 Å². The molecule has 0 aliphatic carbocycles. The maximum Gasteiger partial charge on any atom is 0.373 e. The molecule has 0 aromatic heterocycles. The minimum atomic E-state index is -2.03. The summed E-state index contributed by atoms with van der Waals surface area (Å²) in [5.41, 5.74) is 8.65. The summed E-state index contributed by atoms with van der Waals surface area (Å²) in [7, 11) is -4.05. The van der Waals surface area contributed by atoms with Gasteiger partial charge >= 0.3 is 11.9 Å². The molecular weight excluding hydrogens is 657 g/mol. The van der Waals surface area contributed by atoms with Crippen molar-refractivity contribution in [1.82, 2.24) is 0 Å². The van der Waals surface area contributed by atoms with E-state index in [-0.39, 0.29) is 0 Å². The summed E-state index contributed by atoms with van der Waals surface area (Å²) < 4.78 is 0. The van der Waals surface area contributed by atoms with E-state index in [2.05, 4.69) is 47.1 Å². The van der Waals surface area contributed by atoms with Gasteiger partial charge < -0.3 is 0 Å². The van der Waals surface area contributed by atoms with Crippen molar-refractivity contribution in [3.05, 3.63) is 109 Å². The number of carbonyl (C=O) groups excluding carboxylic acids is 2. The van der Waals surface area contributed by atoms with Gasteiger partial charge in [0.05, 0.1) is 11.1 Å². The van der Waals surface area contributed by atoms with Crippen molar-refractivity contribution in [3.8, 4) is 0 Å². The van der Waals surface area contributed by atoms with Gasteiger partial charge in [0.1, 0.15) is 16.1 Å².